The molecule has 1 aromatic carbocycles. The first-order chi connectivity index (χ1) is 9.60. The van der Waals surface area contributed by atoms with Gasteiger partial charge in [-0.25, -0.2) is 13.9 Å². The molecular formula is C14H20N2O3S. The van der Waals surface area contributed by atoms with Crippen LogP contribution in [0.2, 0.25) is 0 Å². The predicted octanol–water partition coefficient (Wildman–Crippen LogP) is 1.13. The van der Waals surface area contributed by atoms with E-state index in [1.807, 2.05) is 18.2 Å². The van der Waals surface area contributed by atoms with Crippen molar-refractivity contribution in [2.45, 2.75) is 31.8 Å². The maximum absolute atomic E-state index is 12.5. The number of nitrogens with zero attached hydrogens (tertiary/aromatic N) is 1. The fourth-order valence-corrected chi connectivity index (χ4v) is 4.53. The van der Waals surface area contributed by atoms with Crippen molar-refractivity contribution >= 4 is 10.0 Å². The highest BCUT2D eigenvalue weighted by Crippen LogP contribution is 2.33. The normalized spacial score (nSPS) is 21.4. The van der Waals surface area contributed by atoms with Gasteiger partial charge in [-0.2, -0.15) is 4.31 Å². The highest BCUT2D eigenvalue weighted by atomic mass is 32.2. The van der Waals surface area contributed by atoms with Crippen LogP contribution in [-0.4, -0.2) is 36.3 Å². The minimum absolute atomic E-state index is 0.0175. The summed E-state index contributed by atoms with van der Waals surface area (Å²) in [6, 6.07) is 7.64. The van der Waals surface area contributed by atoms with E-state index in [0.29, 0.717) is 19.0 Å². The third-order valence-electron chi connectivity index (χ3n) is 4.24. The van der Waals surface area contributed by atoms with Crippen LogP contribution >= 0.6 is 0 Å². The Kier molecular flexibility index (Phi) is 3.81. The maximum Gasteiger partial charge on any atom is 0.216 e. The Morgan fingerprint density at radius 1 is 1.30 bits per heavy atom. The van der Waals surface area contributed by atoms with E-state index in [4.69, 9.17) is 5.21 Å². The quantitative estimate of drug-likeness (QED) is 0.799. The molecule has 0 bridgehead atoms. The summed E-state index contributed by atoms with van der Waals surface area (Å²) in [6.07, 6.45) is 2.75. The number of benzene rings is 1. The van der Waals surface area contributed by atoms with Crippen LogP contribution in [0.25, 0.3) is 0 Å². The molecule has 0 amide bonds. The fourth-order valence-electron chi connectivity index (χ4n) is 2.82. The number of sulfonamides is 1. The number of hydroxylamine groups is 1. The largest absolute Gasteiger partial charge is 0.317 e. The lowest BCUT2D eigenvalue weighted by molar-refractivity contribution is 0.124. The monoisotopic (exact) mass is 296 g/mol. The molecule has 1 aliphatic heterocycles. The summed E-state index contributed by atoms with van der Waals surface area (Å²) >= 11 is 0. The third-order valence-corrected chi connectivity index (χ3v) is 6.11. The van der Waals surface area contributed by atoms with Gasteiger partial charge in [-0.05, 0) is 36.3 Å². The summed E-state index contributed by atoms with van der Waals surface area (Å²) in [6.45, 7) is 0.976. The van der Waals surface area contributed by atoms with E-state index in [1.165, 1.54) is 5.56 Å². The molecule has 2 aliphatic rings. The van der Waals surface area contributed by atoms with Crippen LogP contribution in [0.1, 0.15) is 24.0 Å². The van der Waals surface area contributed by atoms with E-state index < -0.39 is 10.0 Å². The van der Waals surface area contributed by atoms with Gasteiger partial charge >= 0.3 is 0 Å². The van der Waals surface area contributed by atoms with Crippen molar-refractivity contribution in [3.63, 3.8) is 0 Å². The number of fused-ring (bicyclic) bond motifs is 1. The lowest BCUT2D eigenvalue weighted by Gasteiger charge is -2.29. The molecule has 5 nitrogen and oxygen atoms in total. The van der Waals surface area contributed by atoms with Crippen LogP contribution < -0.4 is 5.48 Å². The van der Waals surface area contributed by atoms with Gasteiger partial charge in [0.15, 0.2) is 0 Å². The Hall–Kier alpha value is -0.950. The Bertz CT molecular complexity index is 584. The standard InChI is InChI=1S/C14H20N2O3S/c17-15-14(12-5-6-12)10-20(18,19)16-8-7-11-3-1-2-4-13(11)9-16/h1-4,12,14-15,17H,5-10H2. The summed E-state index contributed by atoms with van der Waals surface area (Å²) in [5.74, 6) is 0.280. The molecule has 0 aromatic heterocycles. The van der Waals surface area contributed by atoms with Gasteiger partial charge in [-0.15, -0.1) is 0 Å². The van der Waals surface area contributed by atoms with Crippen LogP contribution in [0.15, 0.2) is 24.3 Å². The molecule has 6 heteroatoms. The lowest BCUT2D eigenvalue weighted by atomic mass is 10.0. The molecular weight excluding hydrogens is 276 g/mol. The Morgan fingerprint density at radius 3 is 2.65 bits per heavy atom. The molecule has 1 saturated carbocycles. The summed E-state index contributed by atoms with van der Waals surface area (Å²) in [5.41, 5.74) is 4.49. The van der Waals surface area contributed by atoms with E-state index in [2.05, 4.69) is 11.5 Å². The third kappa shape index (κ3) is 2.88. The van der Waals surface area contributed by atoms with Crippen molar-refractivity contribution in [1.82, 2.24) is 9.79 Å². The average Bonchev–Trinajstić information content (AvgIpc) is 3.29. The van der Waals surface area contributed by atoms with Crippen LogP contribution in [-0.2, 0) is 23.0 Å². The van der Waals surface area contributed by atoms with E-state index in [-0.39, 0.29) is 11.8 Å². The second kappa shape index (κ2) is 5.44. The van der Waals surface area contributed by atoms with Gasteiger partial charge in [0.1, 0.15) is 0 Å². The Labute approximate surface area is 119 Å². The first-order valence-corrected chi connectivity index (χ1v) is 8.65. The minimum Gasteiger partial charge on any atom is -0.317 e. The summed E-state index contributed by atoms with van der Waals surface area (Å²) < 4.78 is 26.5. The van der Waals surface area contributed by atoms with Crippen molar-refractivity contribution < 1.29 is 13.6 Å². The van der Waals surface area contributed by atoms with Gasteiger partial charge in [0.2, 0.25) is 10.0 Å². The highest BCUT2D eigenvalue weighted by molar-refractivity contribution is 7.89. The molecule has 1 atom stereocenters. The average molecular weight is 296 g/mol. The highest BCUT2D eigenvalue weighted by Gasteiger charge is 2.36. The van der Waals surface area contributed by atoms with Crippen molar-refractivity contribution in [2.24, 2.45) is 5.92 Å². The van der Waals surface area contributed by atoms with Crippen molar-refractivity contribution in [1.29, 1.82) is 0 Å². The summed E-state index contributed by atoms with van der Waals surface area (Å²) in [7, 11) is -3.33. The molecule has 110 valence electrons. The molecule has 3 rings (SSSR count). The molecule has 20 heavy (non-hydrogen) atoms. The van der Waals surface area contributed by atoms with Gasteiger partial charge in [0.25, 0.3) is 0 Å². The molecule has 1 fully saturated rings. The van der Waals surface area contributed by atoms with Crippen LogP contribution in [0.4, 0.5) is 0 Å². The molecule has 0 saturated heterocycles. The van der Waals surface area contributed by atoms with E-state index >= 15 is 0 Å². The molecule has 1 heterocycles. The van der Waals surface area contributed by atoms with Crippen LogP contribution in [0, 0.1) is 5.92 Å². The van der Waals surface area contributed by atoms with Gasteiger partial charge in [0.05, 0.1) is 11.8 Å². The zero-order valence-electron chi connectivity index (χ0n) is 11.3. The van der Waals surface area contributed by atoms with Gasteiger partial charge in [0, 0.05) is 13.1 Å². The maximum atomic E-state index is 12.5. The topological polar surface area (TPSA) is 69.6 Å². The molecule has 1 aliphatic carbocycles. The second-order valence-corrected chi connectivity index (χ2v) is 7.72. The predicted molar refractivity (Wildman–Crippen MR) is 75.8 cm³/mol. The smallest absolute Gasteiger partial charge is 0.216 e. The number of nitrogens with one attached hydrogen (secondary N) is 1. The van der Waals surface area contributed by atoms with E-state index in [9.17, 15) is 8.42 Å². The fraction of sp³-hybridized carbons (Fsp3) is 0.571. The molecule has 0 spiro atoms. The number of rotatable bonds is 5. The molecule has 1 unspecified atom stereocenters. The van der Waals surface area contributed by atoms with Crippen LogP contribution in [0.5, 0.6) is 0 Å². The molecule has 1 aromatic rings. The molecule has 2 N–H and O–H groups in total. The Morgan fingerprint density at radius 2 is 2.00 bits per heavy atom. The van der Waals surface area contributed by atoms with Crippen molar-refractivity contribution in [3.05, 3.63) is 35.4 Å². The van der Waals surface area contributed by atoms with Crippen molar-refractivity contribution in [3.8, 4) is 0 Å². The van der Waals surface area contributed by atoms with Crippen molar-refractivity contribution in [2.75, 3.05) is 12.3 Å². The first-order valence-electron chi connectivity index (χ1n) is 7.04. The zero-order chi connectivity index (χ0) is 14.2. The zero-order valence-corrected chi connectivity index (χ0v) is 12.1. The summed E-state index contributed by atoms with van der Waals surface area (Å²) in [4.78, 5) is 0. The first kappa shape index (κ1) is 14.0. The molecule has 0 radical (unpaired) electrons. The van der Waals surface area contributed by atoms with Gasteiger partial charge in [-0.1, -0.05) is 24.3 Å². The van der Waals surface area contributed by atoms with E-state index in [1.54, 1.807) is 4.31 Å². The minimum atomic E-state index is -3.33. The lowest BCUT2D eigenvalue weighted by Crippen LogP contribution is -2.44. The summed E-state index contributed by atoms with van der Waals surface area (Å²) in [5, 5.41) is 9.12. The SMILES string of the molecule is O=S(=O)(CC(NO)C1CC1)N1CCc2ccccc2C1. The van der Waals surface area contributed by atoms with Crippen LogP contribution in [0.3, 0.4) is 0 Å². The second-order valence-electron chi connectivity index (χ2n) is 5.70. The number of hydrogen-bond acceptors (Lipinski definition) is 4. The Balaban J connectivity index is 1.72. The number of hydrogen-bond donors (Lipinski definition) is 2. The van der Waals surface area contributed by atoms with Gasteiger partial charge in [-0.3, -0.25) is 0 Å². The van der Waals surface area contributed by atoms with E-state index in [0.717, 1.165) is 24.8 Å². The van der Waals surface area contributed by atoms with Gasteiger partial charge < -0.3 is 5.21 Å².